The van der Waals surface area contributed by atoms with Crippen LogP contribution in [-0.2, 0) is 4.74 Å². The molecule has 0 fully saturated rings. The van der Waals surface area contributed by atoms with Gasteiger partial charge in [-0.05, 0) is 55.8 Å². The number of rotatable bonds is 9. The van der Waals surface area contributed by atoms with E-state index in [1.807, 2.05) is 32.0 Å². The van der Waals surface area contributed by atoms with Gasteiger partial charge in [-0.3, -0.25) is 4.79 Å². The first-order chi connectivity index (χ1) is 14.4. The monoisotopic (exact) mass is 409 g/mol. The Morgan fingerprint density at radius 3 is 2.37 bits per heavy atom. The number of hydrogen-bond donors (Lipinski definition) is 3. The number of benzene rings is 2. The maximum absolute atomic E-state index is 12.7. The van der Waals surface area contributed by atoms with Crippen molar-refractivity contribution in [2.75, 3.05) is 49.4 Å². The van der Waals surface area contributed by atoms with Crippen molar-refractivity contribution in [2.45, 2.75) is 13.3 Å². The topological polar surface area (TPSA) is 106 Å². The Balaban J connectivity index is 2.05. The van der Waals surface area contributed by atoms with Gasteiger partial charge in [-0.25, -0.2) is 4.79 Å². The molecule has 0 saturated carbocycles. The van der Waals surface area contributed by atoms with Gasteiger partial charge in [0.15, 0.2) is 0 Å². The Morgan fingerprint density at radius 2 is 1.73 bits per heavy atom. The Labute approximate surface area is 176 Å². The summed E-state index contributed by atoms with van der Waals surface area (Å²) in [4.78, 5) is 26.8. The van der Waals surface area contributed by atoms with E-state index in [-0.39, 0.29) is 5.91 Å². The normalized spacial score (nSPS) is 10.1. The molecule has 8 nitrogen and oxygen atoms in total. The fourth-order valence-electron chi connectivity index (χ4n) is 2.72. The predicted molar refractivity (Wildman–Crippen MR) is 118 cm³/mol. The van der Waals surface area contributed by atoms with Crippen LogP contribution in [0.1, 0.15) is 29.3 Å². The predicted octanol–water partition coefficient (Wildman–Crippen LogP) is 3.42. The van der Waals surface area contributed by atoms with Crippen LogP contribution in [0.5, 0.6) is 0 Å². The lowest BCUT2D eigenvalue weighted by Gasteiger charge is -2.18. The summed E-state index contributed by atoms with van der Waals surface area (Å²) in [5.74, 6) is -0.216. The number of hydrogen-bond acceptors (Lipinski definition) is 5. The third-order valence-corrected chi connectivity index (χ3v) is 4.21. The van der Waals surface area contributed by atoms with Gasteiger partial charge < -0.3 is 25.6 Å². The van der Waals surface area contributed by atoms with Gasteiger partial charge in [0.2, 0.25) is 0 Å². The number of ether oxygens (including phenoxy) is 1. The fourth-order valence-corrected chi connectivity index (χ4v) is 2.72. The summed E-state index contributed by atoms with van der Waals surface area (Å²) >= 11 is 0. The third kappa shape index (κ3) is 6.79. The number of urea groups is 1. The number of carbonyl (C=O) groups excluding carboxylic acids is 2. The SMILES string of the molecule is CCOCCCNC(=O)c1cc(NC(=O)Nc2ccc(C#N)cc2)ccc1N(C)C. The molecule has 0 atom stereocenters. The Morgan fingerprint density at radius 1 is 1.07 bits per heavy atom. The van der Waals surface area contributed by atoms with E-state index >= 15 is 0 Å². The average molecular weight is 409 g/mol. The van der Waals surface area contributed by atoms with Crippen LogP contribution in [0.25, 0.3) is 0 Å². The molecule has 2 aromatic rings. The lowest BCUT2D eigenvalue weighted by molar-refractivity contribution is 0.0944. The molecule has 8 heteroatoms. The molecule has 0 aromatic heterocycles. The minimum Gasteiger partial charge on any atom is -0.382 e. The van der Waals surface area contributed by atoms with E-state index in [2.05, 4.69) is 16.0 Å². The summed E-state index contributed by atoms with van der Waals surface area (Å²) in [6.45, 7) is 3.67. The van der Waals surface area contributed by atoms with E-state index in [9.17, 15) is 9.59 Å². The molecule has 0 bridgehead atoms. The molecular formula is C22H27N5O3. The minimum atomic E-state index is -0.444. The maximum atomic E-state index is 12.7. The van der Waals surface area contributed by atoms with Gasteiger partial charge in [0, 0.05) is 50.9 Å². The summed E-state index contributed by atoms with van der Waals surface area (Å²) in [5, 5.41) is 17.1. The zero-order valence-corrected chi connectivity index (χ0v) is 17.5. The number of nitrogens with one attached hydrogen (secondary N) is 3. The van der Waals surface area contributed by atoms with Crippen LogP contribution in [0.2, 0.25) is 0 Å². The van der Waals surface area contributed by atoms with Gasteiger partial charge in [0.25, 0.3) is 5.91 Å². The number of nitriles is 1. The van der Waals surface area contributed by atoms with E-state index < -0.39 is 6.03 Å². The summed E-state index contributed by atoms with van der Waals surface area (Å²) < 4.78 is 5.28. The molecule has 2 aromatic carbocycles. The molecule has 0 aliphatic carbocycles. The van der Waals surface area contributed by atoms with Gasteiger partial charge in [0.05, 0.1) is 17.2 Å². The second-order valence-electron chi connectivity index (χ2n) is 6.70. The van der Waals surface area contributed by atoms with E-state index in [0.717, 1.165) is 12.1 Å². The lowest BCUT2D eigenvalue weighted by Crippen LogP contribution is -2.27. The number of anilines is 3. The Hall–Kier alpha value is -3.57. The smallest absolute Gasteiger partial charge is 0.323 e. The summed E-state index contributed by atoms with van der Waals surface area (Å²) in [6, 6.07) is 13.3. The standard InChI is InChI=1S/C22H27N5O3/c1-4-30-13-5-12-24-21(28)19-14-18(10-11-20(19)27(2)3)26-22(29)25-17-8-6-16(15-23)7-9-17/h6-11,14H,4-5,12-13H2,1-3H3,(H,24,28)(H2,25,26,29). The van der Waals surface area contributed by atoms with Crippen molar-refractivity contribution in [3.05, 3.63) is 53.6 Å². The Bertz CT molecular complexity index is 904. The third-order valence-electron chi connectivity index (χ3n) is 4.21. The zero-order valence-electron chi connectivity index (χ0n) is 17.5. The average Bonchev–Trinajstić information content (AvgIpc) is 2.73. The summed E-state index contributed by atoms with van der Waals surface area (Å²) in [7, 11) is 3.71. The first-order valence-electron chi connectivity index (χ1n) is 9.70. The molecule has 0 unspecified atom stereocenters. The van der Waals surface area contributed by atoms with Crippen molar-refractivity contribution in [3.8, 4) is 6.07 Å². The number of carbonyl (C=O) groups is 2. The van der Waals surface area contributed by atoms with Crippen LogP contribution in [0.4, 0.5) is 21.9 Å². The van der Waals surface area contributed by atoms with Crippen molar-refractivity contribution < 1.29 is 14.3 Å². The van der Waals surface area contributed by atoms with Gasteiger partial charge in [-0.15, -0.1) is 0 Å². The van der Waals surface area contributed by atoms with Crippen molar-refractivity contribution in [3.63, 3.8) is 0 Å². The minimum absolute atomic E-state index is 0.216. The molecule has 30 heavy (non-hydrogen) atoms. The molecule has 2 rings (SSSR count). The highest BCUT2D eigenvalue weighted by Gasteiger charge is 2.14. The molecular weight excluding hydrogens is 382 g/mol. The highest BCUT2D eigenvalue weighted by Crippen LogP contribution is 2.23. The molecule has 3 N–H and O–H groups in total. The van der Waals surface area contributed by atoms with Crippen LogP contribution in [0.15, 0.2) is 42.5 Å². The van der Waals surface area contributed by atoms with Gasteiger partial charge in [-0.1, -0.05) is 0 Å². The summed E-state index contributed by atoms with van der Waals surface area (Å²) in [5.41, 5.74) is 2.77. The van der Waals surface area contributed by atoms with E-state index in [4.69, 9.17) is 10.00 Å². The fraction of sp³-hybridized carbons (Fsp3) is 0.318. The van der Waals surface area contributed by atoms with Gasteiger partial charge in [0.1, 0.15) is 0 Å². The van der Waals surface area contributed by atoms with Crippen molar-refractivity contribution in [2.24, 2.45) is 0 Å². The molecule has 0 aliphatic heterocycles. The summed E-state index contributed by atoms with van der Waals surface area (Å²) in [6.07, 6.45) is 0.724. The number of nitrogens with zero attached hydrogens (tertiary/aromatic N) is 2. The molecule has 0 radical (unpaired) electrons. The molecule has 3 amide bonds. The van der Waals surface area contributed by atoms with Crippen LogP contribution in [0, 0.1) is 11.3 Å². The highest BCUT2D eigenvalue weighted by atomic mass is 16.5. The molecule has 0 spiro atoms. The van der Waals surface area contributed by atoms with Crippen LogP contribution >= 0.6 is 0 Å². The van der Waals surface area contributed by atoms with E-state index in [1.165, 1.54) is 0 Å². The van der Waals surface area contributed by atoms with Gasteiger partial charge in [-0.2, -0.15) is 5.26 Å². The largest absolute Gasteiger partial charge is 0.382 e. The van der Waals surface area contributed by atoms with Gasteiger partial charge >= 0.3 is 6.03 Å². The second-order valence-corrected chi connectivity index (χ2v) is 6.70. The van der Waals surface area contributed by atoms with Crippen molar-refractivity contribution >= 4 is 29.0 Å². The molecule has 158 valence electrons. The van der Waals surface area contributed by atoms with Crippen molar-refractivity contribution in [1.82, 2.24) is 5.32 Å². The van der Waals surface area contributed by atoms with Crippen LogP contribution in [-0.4, -0.2) is 45.8 Å². The molecule has 0 heterocycles. The zero-order chi connectivity index (χ0) is 21.9. The number of amides is 3. The quantitative estimate of drug-likeness (QED) is 0.550. The molecule has 0 saturated heterocycles. The van der Waals surface area contributed by atoms with Crippen molar-refractivity contribution in [1.29, 1.82) is 5.26 Å². The Kier molecular flexibility index (Phi) is 8.66. The first kappa shape index (κ1) is 22.7. The second kappa shape index (κ2) is 11.4. The lowest BCUT2D eigenvalue weighted by atomic mass is 10.1. The highest BCUT2D eigenvalue weighted by molar-refractivity contribution is 6.03. The van der Waals surface area contributed by atoms with E-state index in [1.54, 1.807) is 42.5 Å². The molecule has 0 aliphatic rings. The van der Waals surface area contributed by atoms with E-state index in [0.29, 0.717) is 42.3 Å². The first-order valence-corrected chi connectivity index (χ1v) is 9.70. The maximum Gasteiger partial charge on any atom is 0.323 e. The van der Waals surface area contributed by atoms with Crippen LogP contribution in [0.3, 0.4) is 0 Å². The van der Waals surface area contributed by atoms with Crippen LogP contribution < -0.4 is 20.9 Å².